The van der Waals surface area contributed by atoms with E-state index in [2.05, 4.69) is 0 Å². The lowest BCUT2D eigenvalue weighted by Gasteiger charge is -2.20. The van der Waals surface area contributed by atoms with Crippen LogP contribution in [0.1, 0.15) is 5.56 Å². The summed E-state index contributed by atoms with van der Waals surface area (Å²) >= 11 is 0. The van der Waals surface area contributed by atoms with Gasteiger partial charge in [-0.15, -0.1) is 0 Å². The lowest BCUT2D eigenvalue weighted by Crippen LogP contribution is -2.29. The van der Waals surface area contributed by atoms with Crippen molar-refractivity contribution in [1.82, 2.24) is 4.72 Å². The summed E-state index contributed by atoms with van der Waals surface area (Å²) in [7, 11) is -3.92. The van der Waals surface area contributed by atoms with E-state index in [0.29, 0.717) is 11.4 Å². The van der Waals surface area contributed by atoms with Gasteiger partial charge in [-0.1, -0.05) is 66.7 Å². The summed E-state index contributed by atoms with van der Waals surface area (Å²) in [5.74, 6) is -0.175. The third-order valence-electron chi connectivity index (χ3n) is 4.39. The standard InChI is InChI=1S/C21H18N2O4S/c24-21-14-23(28(25,26)22-21)19-12-11-18(17-9-5-2-6-10-17)13-20(19)27-15-16-7-3-1-4-8-16/h1-13H,14-15H2,(H,22,24). The Labute approximate surface area is 163 Å². The van der Waals surface area contributed by atoms with Gasteiger partial charge in [-0.3, -0.25) is 4.79 Å². The molecule has 3 aromatic carbocycles. The Morgan fingerprint density at radius 3 is 2.21 bits per heavy atom. The van der Waals surface area contributed by atoms with Gasteiger partial charge in [-0.05, 0) is 28.8 Å². The maximum Gasteiger partial charge on any atom is 0.326 e. The molecule has 28 heavy (non-hydrogen) atoms. The van der Waals surface area contributed by atoms with Crippen LogP contribution in [-0.2, 0) is 21.6 Å². The minimum Gasteiger partial charge on any atom is -0.487 e. The van der Waals surface area contributed by atoms with Crippen LogP contribution in [0.15, 0.2) is 78.9 Å². The Balaban J connectivity index is 1.73. The fourth-order valence-corrected chi connectivity index (χ4v) is 4.20. The van der Waals surface area contributed by atoms with Gasteiger partial charge >= 0.3 is 10.2 Å². The zero-order valence-electron chi connectivity index (χ0n) is 14.9. The predicted molar refractivity (Wildman–Crippen MR) is 107 cm³/mol. The smallest absolute Gasteiger partial charge is 0.326 e. The molecule has 1 N–H and O–H groups in total. The Morgan fingerprint density at radius 1 is 0.893 bits per heavy atom. The molecule has 0 atom stereocenters. The molecule has 0 aromatic heterocycles. The summed E-state index contributed by atoms with van der Waals surface area (Å²) in [6.07, 6.45) is 0. The van der Waals surface area contributed by atoms with E-state index in [0.717, 1.165) is 21.0 Å². The second-order valence-electron chi connectivity index (χ2n) is 6.36. The number of nitrogens with zero attached hydrogens (tertiary/aromatic N) is 1. The number of ether oxygens (including phenoxy) is 1. The summed E-state index contributed by atoms with van der Waals surface area (Å²) in [5, 5.41) is 0. The predicted octanol–water partition coefficient (Wildman–Crippen LogP) is 3.11. The topological polar surface area (TPSA) is 75.7 Å². The number of anilines is 1. The molecule has 0 aliphatic carbocycles. The molecule has 1 aliphatic heterocycles. The fourth-order valence-electron chi connectivity index (χ4n) is 3.04. The van der Waals surface area contributed by atoms with Gasteiger partial charge in [0.25, 0.3) is 5.91 Å². The highest BCUT2D eigenvalue weighted by Gasteiger charge is 2.35. The molecule has 1 aliphatic rings. The highest BCUT2D eigenvalue weighted by atomic mass is 32.2. The first-order valence-corrected chi connectivity index (χ1v) is 10.2. The van der Waals surface area contributed by atoms with Crippen LogP contribution in [0.4, 0.5) is 5.69 Å². The van der Waals surface area contributed by atoms with E-state index in [9.17, 15) is 13.2 Å². The summed E-state index contributed by atoms with van der Waals surface area (Å²) in [5.41, 5.74) is 3.16. The second kappa shape index (κ2) is 7.36. The van der Waals surface area contributed by atoms with Crippen molar-refractivity contribution in [3.8, 4) is 16.9 Å². The number of carbonyl (C=O) groups excluding carboxylic acids is 1. The lowest BCUT2D eigenvalue weighted by atomic mass is 10.0. The normalized spacial score (nSPS) is 15.3. The fraction of sp³-hybridized carbons (Fsp3) is 0.0952. The van der Waals surface area contributed by atoms with Crippen molar-refractivity contribution in [2.75, 3.05) is 10.8 Å². The maximum absolute atomic E-state index is 12.3. The maximum atomic E-state index is 12.3. The van der Waals surface area contributed by atoms with E-state index < -0.39 is 16.1 Å². The third kappa shape index (κ3) is 3.70. The first kappa shape index (κ1) is 18.1. The Kier molecular flexibility index (Phi) is 4.75. The number of nitrogens with one attached hydrogen (secondary N) is 1. The highest BCUT2D eigenvalue weighted by molar-refractivity contribution is 7.92. The summed E-state index contributed by atoms with van der Waals surface area (Å²) in [6.45, 7) is 0.00998. The summed E-state index contributed by atoms with van der Waals surface area (Å²) in [6, 6.07) is 24.6. The molecule has 1 heterocycles. The van der Waals surface area contributed by atoms with E-state index in [1.807, 2.05) is 71.5 Å². The third-order valence-corrected chi connectivity index (χ3v) is 5.78. The van der Waals surface area contributed by atoms with Crippen LogP contribution >= 0.6 is 0 Å². The highest BCUT2D eigenvalue weighted by Crippen LogP contribution is 2.36. The molecule has 0 radical (unpaired) electrons. The Morgan fingerprint density at radius 2 is 1.57 bits per heavy atom. The van der Waals surface area contributed by atoms with E-state index in [1.54, 1.807) is 12.1 Å². The number of amides is 1. The molecule has 6 nitrogen and oxygen atoms in total. The van der Waals surface area contributed by atoms with Crippen LogP contribution in [0.2, 0.25) is 0 Å². The van der Waals surface area contributed by atoms with Crippen molar-refractivity contribution in [3.63, 3.8) is 0 Å². The van der Waals surface area contributed by atoms with Crippen molar-refractivity contribution in [2.45, 2.75) is 6.61 Å². The van der Waals surface area contributed by atoms with Gasteiger partial charge < -0.3 is 4.74 Å². The van der Waals surface area contributed by atoms with E-state index in [4.69, 9.17) is 4.74 Å². The molecule has 0 saturated carbocycles. The number of hydrogen-bond acceptors (Lipinski definition) is 4. The molecule has 0 bridgehead atoms. The van der Waals surface area contributed by atoms with Gasteiger partial charge in [-0.2, -0.15) is 8.42 Å². The van der Waals surface area contributed by atoms with Crippen molar-refractivity contribution in [1.29, 1.82) is 0 Å². The molecule has 4 rings (SSSR count). The number of carbonyl (C=O) groups is 1. The average molecular weight is 394 g/mol. The molecule has 7 heteroatoms. The number of rotatable bonds is 5. The quantitative estimate of drug-likeness (QED) is 0.721. The molecule has 1 saturated heterocycles. The largest absolute Gasteiger partial charge is 0.487 e. The molecule has 1 amide bonds. The van der Waals surface area contributed by atoms with Crippen LogP contribution in [-0.4, -0.2) is 20.9 Å². The van der Waals surface area contributed by atoms with Crippen molar-refractivity contribution in [2.24, 2.45) is 0 Å². The molecule has 0 spiro atoms. The SMILES string of the molecule is O=C1CN(c2ccc(-c3ccccc3)cc2OCc2ccccc2)S(=O)(=O)N1. The van der Waals surface area contributed by atoms with Crippen molar-refractivity contribution < 1.29 is 17.9 Å². The van der Waals surface area contributed by atoms with Crippen LogP contribution in [0.3, 0.4) is 0 Å². The van der Waals surface area contributed by atoms with Gasteiger partial charge in [0.2, 0.25) is 0 Å². The monoisotopic (exact) mass is 394 g/mol. The Bertz CT molecular complexity index is 1100. The average Bonchev–Trinajstić information content (AvgIpc) is 2.99. The van der Waals surface area contributed by atoms with Gasteiger partial charge in [0.1, 0.15) is 18.9 Å². The first-order chi connectivity index (χ1) is 13.5. The van der Waals surface area contributed by atoms with Gasteiger partial charge in [-0.25, -0.2) is 9.03 Å². The van der Waals surface area contributed by atoms with E-state index >= 15 is 0 Å². The zero-order valence-corrected chi connectivity index (χ0v) is 15.7. The first-order valence-electron chi connectivity index (χ1n) is 8.72. The summed E-state index contributed by atoms with van der Waals surface area (Å²) < 4.78 is 33.6. The van der Waals surface area contributed by atoms with Gasteiger partial charge in [0.05, 0.1) is 5.69 Å². The molecular formula is C21H18N2O4S. The van der Waals surface area contributed by atoms with E-state index in [1.165, 1.54) is 0 Å². The minimum atomic E-state index is -3.92. The second-order valence-corrected chi connectivity index (χ2v) is 7.95. The molecule has 0 unspecified atom stereocenters. The van der Waals surface area contributed by atoms with Crippen LogP contribution in [0, 0.1) is 0 Å². The lowest BCUT2D eigenvalue weighted by molar-refractivity contribution is -0.117. The molecule has 1 fully saturated rings. The van der Waals surface area contributed by atoms with Gasteiger partial charge in [0, 0.05) is 0 Å². The van der Waals surface area contributed by atoms with Crippen molar-refractivity contribution >= 4 is 21.8 Å². The van der Waals surface area contributed by atoms with E-state index in [-0.39, 0.29) is 13.2 Å². The number of benzene rings is 3. The molecule has 142 valence electrons. The minimum absolute atomic E-state index is 0.269. The molecule has 3 aromatic rings. The zero-order chi connectivity index (χ0) is 19.6. The van der Waals surface area contributed by atoms with Crippen LogP contribution < -0.4 is 13.8 Å². The molecular weight excluding hydrogens is 376 g/mol. The van der Waals surface area contributed by atoms with Crippen LogP contribution in [0.25, 0.3) is 11.1 Å². The van der Waals surface area contributed by atoms with Gasteiger partial charge in [0.15, 0.2) is 0 Å². The number of hydrogen-bond donors (Lipinski definition) is 1. The summed E-state index contributed by atoms with van der Waals surface area (Å²) in [4.78, 5) is 11.6. The van der Waals surface area contributed by atoms with Crippen LogP contribution in [0.5, 0.6) is 5.75 Å². The Hall–Kier alpha value is -3.32. The van der Waals surface area contributed by atoms with Crippen molar-refractivity contribution in [3.05, 3.63) is 84.4 Å².